The van der Waals surface area contributed by atoms with Crippen LogP contribution in [0, 0.1) is 11.7 Å². The maximum atomic E-state index is 13.1. The number of hydrogen-bond donors (Lipinski definition) is 0. The predicted octanol–water partition coefficient (Wildman–Crippen LogP) is 4.78. The van der Waals surface area contributed by atoms with Crippen LogP contribution in [-0.2, 0) is 11.2 Å². The molecule has 0 saturated heterocycles. The minimum Gasteiger partial charge on any atom is -0.345 e. The fraction of sp³-hybridized carbons (Fsp3) is 0.261. The molecule has 1 aliphatic rings. The lowest BCUT2D eigenvalue weighted by Gasteiger charge is -2.18. The van der Waals surface area contributed by atoms with E-state index in [2.05, 4.69) is 36.4 Å². The molecule has 3 aromatic carbocycles. The monoisotopic (exact) mass is 347 g/mol. The summed E-state index contributed by atoms with van der Waals surface area (Å²) in [5.41, 5.74) is 2.33. The number of likely N-dealkylation sites (N-methyl/N-ethyl adjacent to an activating group) is 1. The SMILES string of the molecule is CN(CCc1cccc2ccccc12)C(=O)C1CC1c1ccc(F)cc1. The van der Waals surface area contributed by atoms with Gasteiger partial charge in [-0.1, -0.05) is 54.6 Å². The minimum absolute atomic E-state index is 0.0398. The maximum absolute atomic E-state index is 13.1. The number of amides is 1. The first-order chi connectivity index (χ1) is 12.6. The highest BCUT2D eigenvalue weighted by atomic mass is 19.1. The summed E-state index contributed by atoms with van der Waals surface area (Å²) >= 11 is 0. The normalized spacial score (nSPS) is 18.7. The molecule has 2 atom stereocenters. The topological polar surface area (TPSA) is 20.3 Å². The summed E-state index contributed by atoms with van der Waals surface area (Å²) in [4.78, 5) is 14.5. The van der Waals surface area contributed by atoms with Gasteiger partial charge in [0.15, 0.2) is 0 Å². The van der Waals surface area contributed by atoms with E-state index in [0.717, 1.165) is 18.4 Å². The average Bonchev–Trinajstić information content (AvgIpc) is 3.47. The number of benzene rings is 3. The zero-order chi connectivity index (χ0) is 18.1. The lowest BCUT2D eigenvalue weighted by atomic mass is 10.0. The first-order valence-corrected chi connectivity index (χ1v) is 9.10. The molecular weight excluding hydrogens is 325 g/mol. The molecule has 3 heteroatoms. The van der Waals surface area contributed by atoms with Gasteiger partial charge in [-0.3, -0.25) is 4.79 Å². The highest BCUT2D eigenvalue weighted by Crippen LogP contribution is 2.48. The first kappa shape index (κ1) is 16.8. The van der Waals surface area contributed by atoms with E-state index in [9.17, 15) is 9.18 Å². The van der Waals surface area contributed by atoms with Crippen molar-refractivity contribution in [1.29, 1.82) is 0 Å². The Labute approximate surface area is 153 Å². The second-order valence-electron chi connectivity index (χ2n) is 7.15. The van der Waals surface area contributed by atoms with Crippen molar-refractivity contribution in [2.45, 2.75) is 18.8 Å². The van der Waals surface area contributed by atoms with Gasteiger partial charge in [-0.25, -0.2) is 4.39 Å². The van der Waals surface area contributed by atoms with Crippen LogP contribution in [0.15, 0.2) is 66.7 Å². The van der Waals surface area contributed by atoms with Crippen LogP contribution in [0.25, 0.3) is 10.8 Å². The largest absolute Gasteiger partial charge is 0.345 e. The van der Waals surface area contributed by atoms with Gasteiger partial charge < -0.3 is 4.90 Å². The third kappa shape index (κ3) is 3.34. The summed E-state index contributed by atoms with van der Waals surface area (Å²) in [7, 11) is 1.88. The molecule has 0 aromatic heterocycles. The zero-order valence-corrected chi connectivity index (χ0v) is 14.9. The summed E-state index contributed by atoms with van der Waals surface area (Å²) in [6, 6.07) is 21.2. The molecule has 1 amide bonds. The Morgan fingerprint density at radius 2 is 1.77 bits per heavy atom. The maximum Gasteiger partial charge on any atom is 0.226 e. The molecule has 0 N–H and O–H groups in total. The number of rotatable bonds is 5. The Balaban J connectivity index is 1.38. The quantitative estimate of drug-likeness (QED) is 0.650. The summed E-state index contributed by atoms with van der Waals surface area (Å²) in [6.45, 7) is 0.708. The van der Waals surface area contributed by atoms with Crippen LogP contribution in [0.2, 0.25) is 0 Å². The average molecular weight is 347 g/mol. The van der Waals surface area contributed by atoms with E-state index in [1.165, 1.54) is 28.5 Å². The molecule has 3 aromatic rings. The molecule has 0 radical (unpaired) electrons. The minimum atomic E-state index is -0.232. The Morgan fingerprint density at radius 3 is 2.58 bits per heavy atom. The van der Waals surface area contributed by atoms with Crippen molar-refractivity contribution < 1.29 is 9.18 Å². The number of hydrogen-bond acceptors (Lipinski definition) is 1. The molecule has 1 aliphatic carbocycles. The smallest absolute Gasteiger partial charge is 0.226 e. The number of carbonyl (C=O) groups is 1. The summed E-state index contributed by atoms with van der Waals surface area (Å²) in [5.74, 6) is 0.241. The van der Waals surface area contributed by atoms with Gasteiger partial charge in [-0.05, 0) is 52.8 Å². The number of halogens is 1. The third-order valence-electron chi connectivity index (χ3n) is 5.38. The highest BCUT2D eigenvalue weighted by Gasteiger charge is 2.45. The highest BCUT2D eigenvalue weighted by molar-refractivity contribution is 5.86. The van der Waals surface area contributed by atoms with Crippen LogP contribution in [0.1, 0.15) is 23.5 Å². The van der Waals surface area contributed by atoms with E-state index >= 15 is 0 Å². The molecule has 2 nitrogen and oxygen atoms in total. The molecule has 4 rings (SSSR count). The van der Waals surface area contributed by atoms with E-state index in [1.807, 2.05) is 18.0 Å². The summed E-state index contributed by atoms with van der Waals surface area (Å²) < 4.78 is 13.1. The lowest BCUT2D eigenvalue weighted by Crippen LogP contribution is -2.30. The van der Waals surface area contributed by atoms with Gasteiger partial charge in [-0.2, -0.15) is 0 Å². The van der Waals surface area contributed by atoms with Gasteiger partial charge in [0.2, 0.25) is 5.91 Å². The molecule has 0 bridgehead atoms. The fourth-order valence-corrected chi connectivity index (χ4v) is 3.74. The van der Waals surface area contributed by atoms with Crippen LogP contribution in [0.5, 0.6) is 0 Å². The van der Waals surface area contributed by atoms with Gasteiger partial charge in [0.25, 0.3) is 0 Å². The van der Waals surface area contributed by atoms with Crippen molar-refractivity contribution in [3.8, 4) is 0 Å². The van der Waals surface area contributed by atoms with Crippen LogP contribution < -0.4 is 0 Å². The third-order valence-corrected chi connectivity index (χ3v) is 5.38. The molecule has 132 valence electrons. The van der Waals surface area contributed by atoms with E-state index in [1.54, 1.807) is 12.1 Å². The Hall–Kier alpha value is -2.68. The van der Waals surface area contributed by atoms with Gasteiger partial charge in [0, 0.05) is 19.5 Å². The van der Waals surface area contributed by atoms with Crippen LogP contribution in [-0.4, -0.2) is 24.4 Å². The summed E-state index contributed by atoms with van der Waals surface area (Å²) in [6.07, 6.45) is 1.71. The van der Waals surface area contributed by atoms with E-state index in [-0.39, 0.29) is 23.6 Å². The number of carbonyl (C=O) groups excluding carboxylic acids is 1. The van der Waals surface area contributed by atoms with Gasteiger partial charge in [0.1, 0.15) is 5.82 Å². The Bertz CT molecular complexity index is 929. The summed E-state index contributed by atoms with van der Waals surface area (Å²) in [5, 5.41) is 2.49. The lowest BCUT2D eigenvalue weighted by molar-refractivity contribution is -0.131. The van der Waals surface area contributed by atoms with Crippen molar-refractivity contribution in [3.63, 3.8) is 0 Å². The van der Waals surface area contributed by atoms with Crippen LogP contribution >= 0.6 is 0 Å². The fourth-order valence-electron chi connectivity index (χ4n) is 3.74. The van der Waals surface area contributed by atoms with E-state index < -0.39 is 0 Å². The number of fused-ring (bicyclic) bond motifs is 1. The van der Waals surface area contributed by atoms with Gasteiger partial charge in [0.05, 0.1) is 0 Å². The Kier molecular flexibility index (Phi) is 4.46. The Morgan fingerprint density at radius 1 is 1.04 bits per heavy atom. The molecule has 0 spiro atoms. The second kappa shape index (κ2) is 6.91. The van der Waals surface area contributed by atoms with Crippen molar-refractivity contribution in [3.05, 3.63) is 83.7 Å². The second-order valence-corrected chi connectivity index (χ2v) is 7.15. The molecule has 1 saturated carbocycles. The molecule has 2 unspecified atom stereocenters. The molecule has 0 heterocycles. The predicted molar refractivity (Wildman–Crippen MR) is 103 cm³/mol. The van der Waals surface area contributed by atoms with Crippen LogP contribution in [0.3, 0.4) is 0 Å². The molecule has 1 fully saturated rings. The van der Waals surface area contributed by atoms with E-state index in [4.69, 9.17) is 0 Å². The van der Waals surface area contributed by atoms with Crippen molar-refractivity contribution >= 4 is 16.7 Å². The van der Waals surface area contributed by atoms with E-state index in [0.29, 0.717) is 6.54 Å². The molecule has 26 heavy (non-hydrogen) atoms. The standard InChI is InChI=1S/C23H22FNO/c1-25(14-13-17-7-4-6-16-5-2-3-8-20(16)17)23(26)22-15-21(22)18-9-11-19(24)12-10-18/h2-12,21-22H,13-15H2,1H3. The van der Waals surface area contributed by atoms with Gasteiger partial charge >= 0.3 is 0 Å². The first-order valence-electron chi connectivity index (χ1n) is 9.10. The van der Waals surface area contributed by atoms with Gasteiger partial charge in [-0.15, -0.1) is 0 Å². The number of nitrogens with zero attached hydrogens (tertiary/aromatic N) is 1. The van der Waals surface area contributed by atoms with Crippen molar-refractivity contribution in [1.82, 2.24) is 4.90 Å². The molecular formula is C23H22FNO. The van der Waals surface area contributed by atoms with Crippen LogP contribution in [0.4, 0.5) is 4.39 Å². The van der Waals surface area contributed by atoms with Crippen molar-refractivity contribution in [2.24, 2.45) is 5.92 Å². The van der Waals surface area contributed by atoms with Crippen molar-refractivity contribution in [2.75, 3.05) is 13.6 Å². The zero-order valence-electron chi connectivity index (χ0n) is 14.9. The molecule has 0 aliphatic heterocycles.